The highest BCUT2D eigenvalue weighted by Crippen LogP contribution is 2.34. The Morgan fingerprint density at radius 3 is 2.79 bits per heavy atom. The number of nitrogens with two attached hydrogens (primary N) is 1. The summed E-state index contributed by atoms with van der Waals surface area (Å²) in [5.74, 6) is 0.858. The molecule has 1 aromatic rings. The molecule has 1 aromatic carbocycles. The van der Waals surface area contributed by atoms with Gasteiger partial charge in [0.2, 0.25) is 0 Å². The Morgan fingerprint density at radius 2 is 2.16 bits per heavy atom. The van der Waals surface area contributed by atoms with Gasteiger partial charge in [0.25, 0.3) is 0 Å². The van der Waals surface area contributed by atoms with E-state index in [4.69, 9.17) is 11.1 Å². The zero-order valence-electron chi connectivity index (χ0n) is 11.9. The van der Waals surface area contributed by atoms with Crippen LogP contribution in [0, 0.1) is 11.3 Å². The van der Waals surface area contributed by atoms with E-state index >= 15 is 0 Å². The van der Waals surface area contributed by atoms with Crippen LogP contribution in [0.5, 0.6) is 0 Å². The van der Waals surface area contributed by atoms with Gasteiger partial charge < -0.3 is 10.6 Å². The lowest BCUT2D eigenvalue weighted by atomic mass is 9.91. The van der Waals surface area contributed by atoms with Crippen LogP contribution in [0.3, 0.4) is 0 Å². The van der Waals surface area contributed by atoms with Crippen molar-refractivity contribution in [3.8, 4) is 0 Å². The molecule has 4 heteroatoms. The molecule has 1 saturated heterocycles. The lowest BCUT2D eigenvalue weighted by Gasteiger charge is -2.40. The van der Waals surface area contributed by atoms with Gasteiger partial charge in [-0.15, -0.1) is 11.8 Å². The maximum atomic E-state index is 7.89. The topological polar surface area (TPSA) is 53.1 Å². The molecule has 0 saturated carbocycles. The van der Waals surface area contributed by atoms with Crippen LogP contribution >= 0.6 is 11.8 Å². The number of anilines is 1. The highest BCUT2D eigenvalue weighted by molar-refractivity contribution is 7.98. The van der Waals surface area contributed by atoms with Crippen molar-refractivity contribution in [3.63, 3.8) is 0 Å². The molecule has 2 unspecified atom stereocenters. The lowest BCUT2D eigenvalue weighted by molar-refractivity contribution is 0.363. The van der Waals surface area contributed by atoms with Crippen LogP contribution in [-0.2, 0) is 0 Å². The summed E-state index contributed by atoms with van der Waals surface area (Å²) >= 11 is 1.66. The summed E-state index contributed by atoms with van der Waals surface area (Å²) in [7, 11) is 0. The first-order valence-corrected chi connectivity index (χ1v) is 8.06. The number of nitrogens with zero attached hydrogens (tertiary/aromatic N) is 1. The van der Waals surface area contributed by atoms with Crippen LogP contribution in [-0.4, -0.2) is 24.7 Å². The highest BCUT2D eigenvalue weighted by Gasteiger charge is 2.27. The first-order valence-electron chi connectivity index (χ1n) is 6.84. The van der Waals surface area contributed by atoms with Crippen LogP contribution in [0.25, 0.3) is 0 Å². The summed E-state index contributed by atoms with van der Waals surface area (Å²) in [5, 5.41) is 7.89. The predicted molar refractivity (Wildman–Crippen MR) is 84.4 cm³/mol. The first-order chi connectivity index (χ1) is 9.06. The zero-order chi connectivity index (χ0) is 14.0. The quantitative estimate of drug-likeness (QED) is 0.506. The van der Waals surface area contributed by atoms with Crippen LogP contribution in [0.15, 0.2) is 23.1 Å². The summed E-state index contributed by atoms with van der Waals surface area (Å²) in [5.41, 5.74) is 7.84. The molecule has 0 spiro atoms. The van der Waals surface area contributed by atoms with Crippen LogP contribution < -0.4 is 10.6 Å². The number of thioether (sulfide) groups is 1. The summed E-state index contributed by atoms with van der Waals surface area (Å²) in [6, 6.07) is 6.72. The number of hydrogen-bond donors (Lipinski definition) is 2. The number of rotatable bonds is 3. The van der Waals surface area contributed by atoms with Gasteiger partial charge in [-0.25, -0.2) is 0 Å². The lowest BCUT2D eigenvalue weighted by Crippen LogP contribution is -2.43. The van der Waals surface area contributed by atoms with E-state index in [-0.39, 0.29) is 5.84 Å². The molecule has 2 rings (SSSR count). The van der Waals surface area contributed by atoms with E-state index in [9.17, 15) is 0 Å². The Morgan fingerprint density at radius 1 is 1.42 bits per heavy atom. The van der Waals surface area contributed by atoms with E-state index in [1.54, 1.807) is 11.8 Å². The molecule has 3 N–H and O–H groups in total. The SMILES string of the molecule is CSc1cccc(N2CCCC(C)C2C)c1C(=N)N. The van der Waals surface area contributed by atoms with Crippen molar-refractivity contribution < 1.29 is 0 Å². The van der Waals surface area contributed by atoms with Gasteiger partial charge in [0.1, 0.15) is 5.84 Å². The zero-order valence-corrected chi connectivity index (χ0v) is 12.8. The third-order valence-corrected chi connectivity index (χ3v) is 4.96. The van der Waals surface area contributed by atoms with Gasteiger partial charge in [-0.3, -0.25) is 5.41 Å². The first kappa shape index (κ1) is 14.3. The van der Waals surface area contributed by atoms with E-state index < -0.39 is 0 Å². The van der Waals surface area contributed by atoms with Crippen molar-refractivity contribution in [2.24, 2.45) is 11.7 Å². The van der Waals surface area contributed by atoms with Gasteiger partial charge in [0.05, 0.1) is 5.56 Å². The molecular weight excluding hydrogens is 254 g/mol. The van der Waals surface area contributed by atoms with E-state index in [0.717, 1.165) is 22.7 Å². The number of hydrogen-bond acceptors (Lipinski definition) is 3. The number of nitrogens with one attached hydrogen (secondary N) is 1. The fourth-order valence-corrected chi connectivity index (χ4v) is 3.51. The molecule has 19 heavy (non-hydrogen) atoms. The average molecular weight is 277 g/mol. The summed E-state index contributed by atoms with van der Waals surface area (Å²) in [4.78, 5) is 3.51. The molecule has 2 atom stereocenters. The van der Waals surface area contributed by atoms with Crippen LogP contribution in [0.4, 0.5) is 5.69 Å². The monoisotopic (exact) mass is 277 g/mol. The molecule has 0 aromatic heterocycles. The Labute approximate surface area is 120 Å². The minimum absolute atomic E-state index is 0.172. The van der Waals surface area contributed by atoms with Crippen LogP contribution in [0.1, 0.15) is 32.3 Å². The number of piperidine rings is 1. The van der Waals surface area contributed by atoms with Gasteiger partial charge in [0.15, 0.2) is 0 Å². The molecule has 0 bridgehead atoms. The van der Waals surface area contributed by atoms with Crippen LogP contribution in [0.2, 0.25) is 0 Å². The van der Waals surface area contributed by atoms with Gasteiger partial charge in [-0.2, -0.15) is 0 Å². The molecule has 104 valence electrons. The Kier molecular flexibility index (Phi) is 4.40. The van der Waals surface area contributed by atoms with Crippen molar-refractivity contribution >= 4 is 23.3 Å². The predicted octanol–water partition coefficient (Wildman–Crippen LogP) is 3.32. The smallest absolute Gasteiger partial charge is 0.126 e. The van der Waals surface area contributed by atoms with E-state index in [0.29, 0.717) is 12.0 Å². The van der Waals surface area contributed by atoms with E-state index in [1.807, 2.05) is 12.3 Å². The molecule has 0 amide bonds. The number of nitrogen functional groups attached to an aromatic ring is 1. The third-order valence-electron chi connectivity index (χ3n) is 4.18. The highest BCUT2D eigenvalue weighted by atomic mass is 32.2. The van der Waals surface area contributed by atoms with E-state index in [2.05, 4.69) is 30.9 Å². The fourth-order valence-electron chi connectivity index (χ4n) is 2.88. The molecule has 1 heterocycles. The van der Waals surface area contributed by atoms with Crippen molar-refractivity contribution in [2.75, 3.05) is 17.7 Å². The molecular formula is C15H23N3S. The largest absolute Gasteiger partial charge is 0.384 e. The standard InChI is InChI=1S/C15H23N3S/c1-10-6-5-9-18(11(10)2)12-7-4-8-13(19-3)14(12)15(16)17/h4,7-8,10-11H,5-6,9H2,1-3H3,(H3,16,17). The second-order valence-corrected chi connectivity index (χ2v) is 6.17. The minimum Gasteiger partial charge on any atom is -0.384 e. The third kappa shape index (κ3) is 2.73. The Hall–Kier alpha value is -1.16. The molecule has 1 aliphatic rings. The summed E-state index contributed by atoms with van der Waals surface area (Å²) < 4.78 is 0. The minimum atomic E-state index is 0.172. The fraction of sp³-hybridized carbons (Fsp3) is 0.533. The second kappa shape index (κ2) is 5.87. The molecule has 0 aliphatic carbocycles. The second-order valence-electron chi connectivity index (χ2n) is 5.32. The Balaban J connectivity index is 2.46. The van der Waals surface area contributed by atoms with Crippen molar-refractivity contribution in [2.45, 2.75) is 37.6 Å². The van der Waals surface area contributed by atoms with Gasteiger partial charge in [-0.05, 0) is 44.1 Å². The Bertz CT molecular complexity index is 472. The van der Waals surface area contributed by atoms with Crippen molar-refractivity contribution in [3.05, 3.63) is 23.8 Å². The molecule has 1 fully saturated rings. The number of amidine groups is 1. The molecule has 1 aliphatic heterocycles. The molecule has 0 radical (unpaired) electrons. The normalized spacial score (nSPS) is 23.4. The van der Waals surface area contributed by atoms with Gasteiger partial charge in [-0.1, -0.05) is 13.0 Å². The maximum Gasteiger partial charge on any atom is 0.126 e. The van der Waals surface area contributed by atoms with Crippen molar-refractivity contribution in [1.82, 2.24) is 0 Å². The van der Waals surface area contributed by atoms with E-state index in [1.165, 1.54) is 12.8 Å². The van der Waals surface area contributed by atoms with Gasteiger partial charge in [0, 0.05) is 23.2 Å². The average Bonchev–Trinajstić information content (AvgIpc) is 2.40. The summed E-state index contributed by atoms with van der Waals surface area (Å²) in [6.45, 7) is 5.64. The maximum absolute atomic E-state index is 7.89. The van der Waals surface area contributed by atoms with Gasteiger partial charge >= 0.3 is 0 Å². The summed E-state index contributed by atoms with van der Waals surface area (Å²) in [6.07, 6.45) is 4.54. The number of benzene rings is 1. The molecule has 3 nitrogen and oxygen atoms in total. The van der Waals surface area contributed by atoms with Crippen molar-refractivity contribution in [1.29, 1.82) is 5.41 Å².